The van der Waals surface area contributed by atoms with Crippen molar-refractivity contribution in [3.63, 3.8) is 0 Å². The van der Waals surface area contributed by atoms with E-state index in [4.69, 9.17) is 0 Å². The number of hydrogen-bond donors (Lipinski definition) is 1. The van der Waals surface area contributed by atoms with Crippen LogP contribution in [-0.4, -0.2) is 21.9 Å². The molecule has 0 heterocycles. The Morgan fingerprint density at radius 2 is 1.22 bits per heavy atom. The zero-order valence-corrected chi connectivity index (χ0v) is 20.5. The Balaban J connectivity index is 1.66. The molecule has 3 aromatic rings. The van der Waals surface area contributed by atoms with Crippen molar-refractivity contribution in [3.05, 3.63) is 106 Å². The van der Waals surface area contributed by atoms with Crippen LogP contribution >= 0.6 is 0 Å². The summed E-state index contributed by atoms with van der Waals surface area (Å²) in [5.41, 5.74) is 3.20. The van der Waals surface area contributed by atoms with Crippen molar-refractivity contribution in [3.8, 4) is 11.8 Å². The van der Waals surface area contributed by atoms with Gasteiger partial charge < -0.3 is 10.0 Å². The predicted octanol–water partition coefficient (Wildman–Crippen LogP) is 6.45. The van der Waals surface area contributed by atoms with Crippen LogP contribution in [0.5, 0.6) is 0 Å². The van der Waals surface area contributed by atoms with E-state index in [2.05, 4.69) is 30.9 Å². The number of carbonyl (C=O) groups is 2. The average Bonchev–Trinajstić information content (AvgIpc) is 2.88. The Labute approximate surface area is 214 Å². The third-order valence-electron chi connectivity index (χ3n) is 5.83. The summed E-state index contributed by atoms with van der Waals surface area (Å²) < 4.78 is 38.4. The minimum atomic E-state index is -4.47. The molecule has 0 saturated carbocycles. The van der Waals surface area contributed by atoms with Gasteiger partial charge in [0.15, 0.2) is 0 Å². The summed E-state index contributed by atoms with van der Waals surface area (Å²) in [5, 5.41) is 9.19. The van der Waals surface area contributed by atoms with E-state index in [1.165, 1.54) is 37.0 Å². The van der Waals surface area contributed by atoms with Gasteiger partial charge in [0.2, 0.25) is 0 Å². The first-order chi connectivity index (χ1) is 17.7. The summed E-state index contributed by atoms with van der Waals surface area (Å²) in [6.07, 6.45) is 0.165. The van der Waals surface area contributed by atoms with Gasteiger partial charge in [-0.3, -0.25) is 4.79 Å². The number of benzene rings is 3. The standard InChI is InChI=1S/C30H28F3NO3/c1-2-3-4-5-22-6-8-23(9-7-22)10-11-24-12-14-25(15-13-24)20-34(28(35)29(36)37)21-26-16-18-27(19-17-26)30(31,32)33/h6-9,12-19H,2-5,20-21H2,1H3,(H,36,37). The number of carbonyl (C=O) groups excluding carboxylic acids is 1. The van der Waals surface area contributed by atoms with Crippen molar-refractivity contribution in [1.29, 1.82) is 0 Å². The fraction of sp³-hybridized carbons (Fsp3) is 0.267. The Kier molecular flexibility index (Phi) is 9.51. The molecule has 0 atom stereocenters. The first-order valence-corrected chi connectivity index (χ1v) is 12.0. The van der Waals surface area contributed by atoms with Crippen molar-refractivity contribution < 1.29 is 27.9 Å². The lowest BCUT2D eigenvalue weighted by molar-refractivity contribution is -0.156. The number of amides is 1. The number of hydrogen-bond acceptors (Lipinski definition) is 2. The molecule has 0 fully saturated rings. The zero-order valence-electron chi connectivity index (χ0n) is 20.5. The molecule has 0 aliphatic rings. The van der Waals surface area contributed by atoms with Gasteiger partial charge in [-0.25, -0.2) is 4.79 Å². The average molecular weight is 508 g/mol. The van der Waals surface area contributed by atoms with E-state index in [0.717, 1.165) is 34.6 Å². The molecule has 0 unspecified atom stereocenters. The second kappa shape index (κ2) is 12.8. The number of alkyl halides is 3. The second-order valence-corrected chi connectivity index (χ2v) is 8.76. The maximum absolute atomic E-state index is 12.8. The number of carboxylic acids is 1. The maximum Gasteiger partial charge on any atom is 0.416 e. The van der Waals surface area contributed by atoms with Crippen molar-refractivity contribution in [2.24, 2.45) is 0 Å². The van der Waals surface area contributed by atoms with E-state index >= 15 is 0 Å². The van der Waals surface area contributed by atoms with Crippen LogP contribution in [0.4, 0.5) is 13.2 Å². The number of unbranched alkanes of at least 4 members (excludes halogenated alkanes) is 2. The van der Waals surface area contributed by atoms with Gasteiger partial charge in [-0.05, 0) is 65.9 Å². The molecule has 7 heteroatoms. The number of halogens is 3. The molecule has 1 N–H and O–H groups in total. The van der Waals surface area contributed by atoms with E-state index in [-0.39, 0.29) is 13.1 Å². The van der Waals surface area contributed by atoms with Gasteiger partial charge >= 0.3 is 18.1 Å². The van der Waals surface area contributed by atoms with Gasteiger partial charge in [0.25, 0.3) is 0 Å². The van der Waals surface area contributed by atoms with Gasteiger partial charge in [-0.2, -0.15) is 13.2 Å². The number of rotatable bonds is 8. The van der Waals surface area contributed by atoms with Crippen molar-refractivity contribution in [2.75, 3.05) is 0 Å². The number of aryl methyl sites for hydroxylation is 1. The third-order valence-corrected chi connectivity index (χ3v) is 5.83. The van der Waals surface area contributed by atoms with Gasteiger partial charge in [0, 0.05) is 24.2 Å². The van der Waals surface area contributed by atoms with E-state index in [1.54, 1.807) is 24.3 Å². The molecule has 0 aromatic heterocycles. The number of carboxylic acid groups (broad SMARTS) is 1. The smallest absolute Gasteiger partial charge is 0.416 e. The van der Waals surface area contributed by atoms with Gasteiger partial charge in [-0.1, -0.05) is 68.0 Å². The first-order valence-electron chi connectivity index (χ1n) is 12.0. The van der Waals surface area contributed by atoms with E-state index in [9.17, 15) is 27.9 Å². The van der Waals surface area contributed by atoms with Crippen LogP contribution in [0.25, 0.3) is 0 Å². The van der Waals surface area contributed by atoms with E-state index in [1.807, 2.05) is 12.1 Å². The summed E-state index contributed by atoms with van der Waals surface area (Å²) >= 11 is 0. The topological polar surface area (TPSA) is 57.6 Å². The van der Waals surface area contributed by atoms with Crippen molar-refractivity contribution in [1.82, 2.24) is 4.90 Å². The quantitative estimate of drug-likeness (QED) is 0.217. The predicted molar refractivity (Wildman–Crippen MR) is 135 cm³/mol. The molecule has 3 rings (SSSR count). The summed E-state index contributed by atoms with van der Waals surface area (Å²) in [5.74, 6) is 3.45. The normalized spacial score (nSPS) is 10.9. The van der Waals surface area contributed by atoms with E-state index in [0.29, 0.717) is 11.1 Å². The van der Waals surface area contributed by atoms with Crippen molar-refractivity contribution >= 4 is 11.9 Å². The lowest BCUT2D eigenvalue weighted by Gasteiger charge is -2.21. The van der Waals surface area contributed by atoms with Crippen LogP contribution < -0.4 is 0 Å². The molecule has 3 aromatic carbocycles. The minimum Gasteiger partial charge on any atom is -0.474 e. The fourth-order valence-electron chi connectivity index (χ4n) is 3.75. The lowest BCUT2D eigenvalue weighted by atomic mass is 10.1. The summed E-state index contributed by atoms with van der Waals surface area (Å²) in [7, 11) is 0. The molecule has 0 radical (unpaired) electrons. The Morgan fingerprint density at radius 1 is 0.757 bits per heavy atom. The molecule has 1 amide bonds. The summed E-state index contributed by atoms with van der Waals surface area (Å²) in [4.78, 5) is 24.6. The largest absolute Gasteiger partial charge is 0.474 e. The molecular weight excluding hydrogens is 479 g/mol. The molecule has 4 nitrogen and oxygen atoms in total. The highest BCUT2D eigenvalue weighted by atomic mass is 19.4. The molecule has 0 aliphatic carbocycles. The molecule has 37 heavy (non-hydrogen) atoms. The maximum atomic E-state index is 12.8. The molecule has 0 saturated heterocycles. The molecule has 0 bridgehead atoms. The van der Waals surface area contributed by atoms with Crippen LogP contribution in [0.3, 0.4) is 0 Å². The highest BCUT2D eigenvalue weighted by molar-refractivity contribution is 6.31. The first kappa shape index (κ1) is 27.5. The fourth-order valence-corrected chi connectivity index (χ4v) is 3.75. The monoisotopic (exact) mass is 507 g/mol. The Bertz CT molecular complexity index is 1250. The Hall–Kier alpha value is -4.05. The summed E-state index contributed by atoms with van der Waals surface area (Å²) in [6, 6.07) is 19.5. The number of nitrogens with zero attached hydrogens (tertiary/aromatic N) is 1. The van der Waals surface area contributed by atoms with Crippen LogP contribution in [-0.2, 0) is 35.3 Å². The van der Waals surface area contributed by atoms with Crippen LogP contribution in [0.2, 0.25) is 0 Å². The zero-order chi connectivity index (χ0) is 26.8. The van der Waals surface area contributed by atoms with Gasteiger partial charge in [-0.15, -0.1) is 0 Å². The second-order valence-electron chi connectivity index (χ2n) is 8.76. The summed E-state index contributed by atoms with van der Waals surface area (Å²) in [6.45, 7) is 2.03. The van der Waals surface area contributed by atoms with Crippen LogP contribution in [0.1, 0.15) is 59.6 Å². The number of aliphatic carboxylic acids is 1. The lowest BCUT2D eigenvalue weighted by Crippen LogP contribution is -2.35. The molecular formula is C30H28F3NO3. The molecule has 0 aliphatic heterocycles. The highest BCUT2D eigenvalue weighted by Gasteiger charge is 2.30. The van der Waals surface area contributed by atoms with Gasteiger partial charge in [0.1, 0.15) is 0 Å². The van der Waals surface area contributed by atoms with Crippen molar-refractivity contribution in [2.45, 2.75) is 51.9 Å². The SMILES string of the molecule is CCCCCc1ccc(C#Cc2ccc(CN(Cc3ccc(C(F)(F)F)cc3)C(=O)C(=O)O)cc2)cc1. The molecule has 0 spiro atoms. The third kappa shape index (κ3) is 8.53. The van der Waals surface area contributed by atoms with Gasteiger partial charge in [0.05, 0.1) is 5.56 Å². The highest BCUT2D eigenvalue weighted by Crippen LogP contribution is 2.29. The minimum absolute atomic E-state index is 0.0145. The van der Waals surface area contributed by atoms with E-state index < -0.39 is 23.6 Å². The van der Waals surface area contributed by atoms with Crippen LogP contribution in [0, 0.1) is 11.8 Å². The van der Waals surface area contributed by atoms with Crippen LogP contribution in [0.15, 0.2) is 72.8 Å². The Morgan fingerprint density at radius 3 is 1.65 bits per heavy atom. The molecule has 192 valence electrons.